The van der Waals surface area contributed by atoms with E-state index >= 15 is 0 Å². The fourth-order valence-electron chi connectivity index (χ4n) is 2.45. The fraction of sp³-hybridized carbons (Fsp3) is 0.737. The minimum absolute atomic E-state index is 0. The standard InChI is InChI=1S/C6H15N.C6H14O.2C6H10O.2C6H12.2CH4/c2*1-5(2)7-6(3)4;2*1-4-6(7)5(2)3;2*1-4-5-6(2)3;;/h5-7H,1-4H3;5-6H,1-4H3;2*4-5H,1H2,2-3H3;2*4-6H,1-3H3;2*1H4. The van der Waals surface area contributed by atoms with Crippen molar-refractivity contribution in [1.82, 2.24) is 5.32 Å². The van der Waals surface area contributed by atoms with Crippen molar-refractivity contribution in [3.63, 3.8) is 0 Å². The number of rotatable bonds is 10. The highest BCUT2D eigenvalue weighted by Gasteiger charge is 1.99. The monoisotopic (exact) mass is 600 g/mol. The van der Waals surface area contributed by atoms with Gasteiger partial charge in [-0.05, 0) is 65.5 Å². The van der Waals surface area contributed by atoms with Crippen molar-refractivity contribution < 1.29 is 14.3 Å². The first-order valence-corrected chi connectivity index (χ1v) is 15.2. The molecule has 0 heterocycles. The van der Waals surface area contributed by atoms with Gasteiger partial charge in [0.2, 0.25) is 0 Å². The van der Waals surface area contributed by atoms with Gasteiger partial charge < -0.3 is 10.1 Å². The summed E-state index contributed by atoms with van der Waals surface area (Å²) in [5.41, 5.74) is 0. The largest absolute Gasteiger partial charge is 0.376 e. The van der Waals surface area contributed by atoms with E-state index < -0.39 is 0 Å². The van der Waals surface area contributed by atoms with Crippen LogP contribution in [0.25, 0.3) is 0 Å². The van der Waals surface area contributed by atoms with Crippen LogP contribution in [0.1, 0.15) is 139 Å². The molecule has 0 saturated heterocycles. The molecule has 42 heavy (non-hydrogen) atoms. The van der Waals surface area contributed by atoms with Crippen molar-refractivity contribution in [3.8, 4) is 0 Å². The van der Waals surface area contributed by atoms with Crippen LogP contribution in [0.4, 0.5) is 0 Å². The van der Waals surface area contributed by atoms with Gasteiger partial charge in [-0.1, -0.05) is 135 Å². The molecule has 0 aromatic carbocycles. The van der Waals surface area contributed by atoms with Crippen LogP contribution in [0.3, 0.4) is 0 Å². The number of ether oxygens (including phenoxy) is 1. The van der Waals surface area contributed by atoms with Crippen LogP contribution in [0.5, 0.6) is 0 Å². The lowest BCUT2D eigenvalue weighted by atomic mass is 10.1. The van der Waals surface area contributed by atoms with Crippen LogP contribution in [0.15, 0.2) is 49.6 Å². The molecule has 256 valence electrons. The van der Waals surface area contributed by atoms with Gasteiger partial charge in [0.15, 0.2) is 11.6 Å². The van der Waals surface area contributed by atoms with E-state index in [2.05, 4.69) is 98.2 Å². The molecule has 0 aliphatic rings. The number of carbonyl (C=O) groups excluding carboxylic acids is 2. The number of ketones is 2. The summed E-state index contributed by atoms with van der Waals surface area (Å²) in [7, 11) is 0. The third-order valence-electron chi connectivity index (χ3n) is 3.91. The number of hydrogen-bond donors (Lipinski definition) is 1. The maximum Gasteiger partial charge on any atom is 0.157 e. The van der Waals surface area contributed by atoms with Gasteiger partial charge in [0.05, 0.1) is 12.2 Å². The second-order valence-corrected chi connectivity index (χ2v) is 11.8. The molecule has 0 aliphatic carbocycles. The van der Waals surface area contributed by atoms with E-state index in [4.69, 9.17) is 4.74 Å². The molecule has 0 aromatic heterocycles. The van der Waals surface area contributed by atoms with Crippen molar-refractivity contribution in [2.45, 2.75) is 164 Å². The van der Waals surface area contributed by atoms with Gasteiger partial charge in [-0.15, -0.1) is 0 Å². The summed E-state index contributed by atoms with van der Waals surface area (Å²) >= 11 is 0. The van der Waals surface area contributed by atoms with E-state index in [1.54, 1.807) is 0 Å². The highest BCUT2D eigenvalue weighted by atomic mass is 16.5. The van der Waals surface area contributed by atoms with E-state index in [1.807, 2.05) is 69.2 Å². The van der Waals surface area contributed by atoms with E-state index in [1.165, 1.54) is 12.2 Å². The summed E-state index contributed by atoms with van der Waals surface area (Å²) in [4.78, 5) is 20.8. The molecule has 0 bridgehead atoms. The highest BCUT2D eigenvalue weighted by molar-refractivity contribution is 5.90. The SMILES string of the molecule is C.C.C=CC(=O)C(C)C.C=CC(=O)C(C)C.CC(C)NC(C)C.CC(C)OC(C)C.CC=CC(C)C.CC=CC(C)C. The Morgan fingerprint density at radius 2 is 0.786 bits per heavy atom. The summed E-state index contributed by atoms with van der Waals surface area (Å²) < 4.78 is 5.25. The number of allylic oxidation sites excluding steroid dienone is 6. The zero-order valence-electron chi connectivity index (χ0n) is 30.2. The van der Waals surface area contributed by atoms with Crippen LogP contribution in [-0.2, 0) is 14.3 Å². The van der Waals surface area contributed by atoms with Crippen LogP contribution in [0, 0.1) is 23.7 Å². The maximum atomic E-state index is 10.4. The minimum Gasteiger partial charge on any atom is -0.376 e. The summed E-state index contributed by atoms with van der Waals surface area (Å²) in [5.74, 6) is 1.88. The molecule has 0 rings (SSSR count). The first kappa shape index (κ1) is 59.6. The molecule has 0 amide bonds. The van der Waals surface area contributed by atoms with Gasteiger partial charge in [0, 0.05) is 23.9 Å². The Labute approximate surface area is 268 Å². The lowest BCUT2D eigenvalue weighted by molar-refractivity contribution is -0.118. The molecular weight excluding hydrogens is 518 g/mol. The van der Waals surface area contributed by atoms with Crippen LogP contribution < -0.4 is 5.32 Å². The van der Waals surface area contributed by atoms with Crippen molar-refractivity contribution in [2.24, 2.45) is 23.7 Å². The second-order valence-electron chi connectivity index (χ2n) is 11.8. The lowest BCUT2D eigenvalue weighted by Crippen LogP contribution is -2.29. The van der Waals surface area contributed by atoms with Crippen molar-refractivity contribution in [2.75, 3.05) is 0 Å². The first-order chi connectivity index (χ1) is 18.2. The number of hydrogen-bond acceptors (Lipinski definition) is 4. The third-order valence-corrected chi connectivity index (χ3v) is 3.91. The van der Waals surface area contributed by atoms with Gasteiger partial charge in [0.1, 0.15) is 0 Å². The maximum absolute atomic E-state index is 10.4. The summed E-state index contributed by atoms with van der Waals surface area (Å²) in [6.45, 7) is 43.6. The smallest absolute Gasteiger partial charge is 0.157 e. The molecule has 0 aliphatic heterocycles. The van der Waals surface area contributed by atoms with Gasteiger partial charge >= 0.3 is 0 Å². The minimum atomic E-state index is 0. The quantitative estimate of drug-likeness (QED) is 0.200. The second kappa shape index (κ2) is 43.7. The Bertz CT molecular complexity index is 542. The Balaban J connectivity index is -0.0000000546. The van der Waals surface area contributed by atoms with Gasteiger partial charge in [-0.3, -0.25) is 9.59 Å². The number of carbonyl (C=O) groups is 2. The van der Waals surface area contributed by atoms with Gasteiger partial charge in [-0.2, -0.15) is 0 Å². The molecular formula is C38H81NO3. The molecule has 0 unspecified atom stereocenters. The van der Waals surface area contributed by atoms with Crippen LogP contribution >= 0.6 is 0 Å². The molecule has 0 radical (unpaired) electrons. The molecule has 4 nitrogen and oxygen atoms in total. The molecule has 1 N–H and O–H groups in total. The molecule has 0 atom stereocenters. The number of nitrogens with one attached hydrogen (secondary N) is 1. The third kappa shape index (κ3) is 90.3. The average molecular weight is 600 g/mol. The topological polar surface area (TPSA) is 55.4 Å². The average Bonchev–Trinajstić information content (AvgIpc) is 2.77. The van der Waals surface area contributed by atoms with Gasteiger partial charge in [-0.25, -0.2) is 0 Å². The Morgan fingerprint density at radius 1 is 0.548 bits per heavy atom. The zero-order valence-corrected chi connectivity index (χ0v) is 30.2. The lowest BCUT2D eigenvalue weighted by Gasteiger charge is -2.10. The molecule has 0 saturated carbocycles. The van der Waals surface area contributed by atoms with E-state index in [-0.39, 0.29) is 38.3 Å². The summed E-state index contributed by atoms with van der Waals surface area (Å²) in [6.07, 6.45) is 11.9. The summed E-state index contributed by atoms with van der Waals surface area (Å²) in [6, 6.07) is 1.25. The Hall–Kier alpha value is -1.78. The van der Waals surface area contributed by atoms with Crippen molar-refractivity contribution in [3.05, 3.63) is 49.6 Å². The molecule has 0 aromatic rings. The highest BCUT2D eigenvalue weighted by Crippen LogP contribution is 1.94. The first-order valence-electron chi connectivity index (χ1n) is 15.2. The van der Waals surface area contributed by atoms with E-state index in [9.17, 15) is 9.59 Å². The van der Waals surface area contributed by atoms with Gasteiger partial charge in [0.25, 0.3) is 0 Å². The van der Waals surface area contributed by atoms with Crippen LogP contribution in [0.2, 0.25) is 0 Å². The van der Waals surface area contributed by atoms with Crippen molar-refractivity contribution >= 4 is 11.6 Å². The van der Waals surface area contributed by atoms with E-state index in [0.717, 1.165) is 11.8 Å². The zero-order chi connectivity index (χ0) is 33.4. The molecule has 0 spiro atoms. The van der Waals surface area contributed by atoms with Crippen LogP contribution in [-0.4, -0.2) is 35.9 Å². The summed E-state index contributed by atoms with van der Waals surface area (Å²) in [5, 5.41) is 3.31. The molecule has 4 heteroatoms. The predicted molar refractivity (Wildman–Crippen MR) is 198 cm³/mol. The normalized spacial score (nSPS) is 9.95. The van der Waals surface area contributed by atoms with E-state index in [0.29, 0.717) is 24.3 Å². The predicted octanol–water partition coefficient (Wildman–Crippen LogP) is 11.7. The molecule has 0 fully saturated rings. The Morgan fingerprint density at radius 3 is 0.786 bits per heavy atom. The fourth-order valence-corrected chi connectivity index (χ4v) is 2.45. The Kier molecular flexibility index (Phi) is 62.0. The van der Waals surface area contributed by atoms with Crippen molar-refractivity contribution in [1.29, 1.82) is 0 Å².